The second-order valence-corrected chi connectivity index (χ2v) is 10.6. The Labute approximate surface area is 191 Å². The number of carbonyl (C=O) groups excluding carboxylic acids is 2. The Balaban J connectivity index is 1.32. The predicted molar refractivity (Wildman–Crippen MR) is 125 cm³/mol. The zero-order valence-corrected chi connectivity index (χ0v) is 19.9. The predicted octanol–water partition coefficient (Wildman–Crippen LogP) is 5.71. The Bertz CT molecular complexity index is 728. The monoisotopic (exact) mass is 448 g/mol. The topological polar surface area (TPSA) is 58.6 Å². The van der Waals surface area contributed by atoms with E-state index in [2.05, 4.69) is 10.2 Å². The van der Waals surface area contributed by atoms with Gasteiger partial charge in [-0.05, 0) is 116 Å². The lowest BCUT2D eigenvalue weighted by molar-refractivity contribution is 0.0485. The molecule has 1 heterocycles. The van der Waals surface area contributed by atoms with E-state index in [0.29, 0.717) is 5.02 Å². The van der Waals surface area contributed by atoms with Gasteiger partial charge in [0.15, 0.2) is 5.78 Å². The van der Waals surface area contributed by atoms with E-state index in [0.717, 1.165) is 69.6 Å². The third kappa shape index (κ3) is 7.80. The Morgan fingerprint density at radius 2 is 1.65 bits per heavy atom. The fourth-order valence-corrected chi connectivity index (χ4v) is 4.83. The highest BCUT2D eigenvalue weighted by Crippen LogP contribution is 2.29. The highest BCUT2D eigenvalue weighted by atomic mass is 35.5. The number of piperidine rings is 1. The Hall–Kier alpha value is -1.59. The summed E-state index contributed by atoms with van der Waals surface area (Å²) in [6, 6.07) is 7.50. The zero-order valence-electron chi connectivity index (χ0n) is 19.2. The molecule has 1 saturated carbocycles. The first kappa shape index (κ1) is 24.1. The van der Waals surface area contributed by atoms with E-state index in [1.54, 1.807) is 12.1 Å². The van der Waals surface area contributed by atoms with E-state index >= 15 is 0 Å². The zero-order chi connectivity index (χ0) is 22.4. The van der Waals surface area contributed by atoms with Crippen molar-refractivity contribution in [1.82, 2.24) is 10.2 Å². The van der Waals surface area contributed by atoms with Gasteiger partial charge in [0.2, 0.25) is 0 Å². The van der Waals surface area contributed by atoms with Gasteiger partial charge in [0.25, 0.3) is 0 Å². The van der Waals surface area contributed by atoms with Crippen LogP contribution in [0, 0.1) is 11.8 Å². The number of nitrogens with one attached hydrogen (secondary N) is 1. The van der Waals surface area contributed by atoms with E-state index in [-0.39, 0.29) is 23.8 Å². The fourth-order valence-electron chi connectivity index (χ4n) is 4.70. The van der Waals surface area contributed by atoms with Crippen molar-refractivity contribution in [3.63, 3.8) is 0 Å². The number of carbonyl (C=O) groups is 2. The summed E-state index contributed by atoms with van der Waals surface area (Å²) in [6.45, 7) is 8.77. The minimum atomic E-state index is -0.450. The molecule has 0 aromatic heterocycles. The maximum Gasteiger partial charge on any atom is 0.407 e. The van der Waals surface area contributed by atoms with Crippen molar-refractivity contribution in [2.75, 3.05) is 19.6 Å². The van der Waals surface area contributed by atoms with Gasteiger partial charge >= 0.3 is 6.09 Å². The lowest BCUT2D eigenvalue weighted by atomic mass is 9.83. The number of benzene rings is 1. The number of likely N-dealkylation sites (tertiary alicyclic amines) is 1. The van der Waals surface area contributed by atoms with Crippen molar-refractivity contribution in [3.05, 3.63) is 34.9 Å². The third-order valence-corrected chi connectivity index (χ3v) is 6.76. The van der Waals surface area contributed by atoms with Crippen LogP contribution in [0.15, 0.2) is 24.3 Å². The van der Waals surface area contributed by atoms with Gasteiger partial charge in [-0.15, -0.1) is 0 Å². The van der Waals surface area contributed by atoms with Crippen LogP contribution in [-0.2, 0) is 4.74 Å². The summed E-state index contributed by atoms with van der Waals surface area (Å²) in [5, 5.41) is 3.69. The smallest absolute Gasteiger partial charge is 0.407 e. The number of ether oxygens (including phenoxy) is 1. The number of Topliss-reactive ketones (excluding diaryl/α,β-unsaturated/α-hetero) is 1. The average Bonchev–Trinajstić information content (AvgIpc) is 2.72. The van der Waals surface area contributed by atoms with Gasteiger partial charge in [-0.1, -0.05) is 11.6 Å². The molecule has 1 aliphatic heterocycles. The van der Waals surface area contributed by atoms with Gasteiger partial charge in [0.05, 0.1) is 0 Å². The molecule has 1 N–H and O–H groups in total. The number of hydrogen-bond acceptors (Lipinski definition) is 4. The molecule has 2 aliphatic rings. The highest BCUT2D eigenvalue weighted by Gasteiger charge is 2.28. The van der Waals surface area contributed by atoms with Crippen molar-refractivity contribution < 1.29 is 14.3 Å². The molecule has 31 heavy (non-hydrogen) atoms. The summed E-state index contributed by atoms with van der Waals surface area (Å²) < 4.78 is 5.37. The van der Waals surface area contributed by atoms with Crippen LogP contribution in [0.2, 0.25) is 5.02 Å². The summed E-state index contributed by atoms with van der Waals surface area (Å²) >= 11 is 5.93. The molecule has 0 spiro atoms. The molecule has 0 bridgehead atoms. The molecule has 0 unspecified atom stereocenters. The number of ketones is 1. The molecule has 5 nitrogen and oxygen atoms in total. The molecule has 1 amide bonds. The van der Waals surface area contributed by atoms with Gasteiger partial charge in [0, 0.05) is 22.5 Å². The molecule has 2 fully saturated rings. The van der Waals surface area contributed by atoms with Crippen LogP contribution in [0.3, 0.4) is 0 Å². The summed E-state index contributed by atoms with van der Waals surface area (Å²) in [4.78, 5) is 27.2. The van der Waals surface area contributed by atoms with Crippen molar-refractivity contribution in [2.45, 2.75) is 77.4 Å². The molecule has 172 valence electrons. The Kier molecular flexibility index (Phi) is 8.40. The summed E-state index contributed by atoms with van der Waals surface area (Å²) in [5.41, 5.74) is 0.327. The Morgan fingerprint density at radius 1 is 1.03 bits per heavy atom. The normalized spacial score (nSPS) is 23.4. The van der Waals surface area contributed by atoms with E-state index in [1.807, 2.05) is 32.9 Å². The first-order valence-electron chi connectivity index (χ1n) is 11.7. The van der Waals surface area contributed by atoms with Crippen LogP contribution >= 0.6 is 11.6 Å². The van der Waals surface area contributed by atoms with Crippen LogP contribution in [-0.4, -0.2) is 48.1 Å². The number of rotatable bonds is 6. The van der Waals surface area contributed by atoms with Gasteiger partial charge in [-0.3, -0.25) is 4.79 Å². The second kappa shape index (κ2) is 10.8. The molecule has 0 radical (unpaired) electrons. The number of alkyl carbamates (subject to hydrolysis) is 1. The molecule has 1 aliphatic carbocycles. The number of amides is 1. The molecule has 3 rings (SSSR count). The van der Waals surface area contributed by atoms with Crippen LogP contribution < -0.4 is 5.32 Å². The van der Waals surface area contributed by atoms with Crippen LogP contribution in [0.1, 0.15) is 76.1 Å². The standard InChI is InChI=1S/C25H37ClN2O3/c1-25(2,3)31-24(30)27-22-10-4-18(5-11-22)12-15-28-16-13-20(14-17-28)23(29)19-6-8-21(26)9-7-19/h6-9,18,20,22H,4-5,10-17H2,1-3H3,(H,27,30). The number of nitrogens with zero attached hydrogens (tertiary/aromatic N) is 1. The van der Waals surface area contributed by atoms with E-state index in [4.69, 9.17) is 16.3 Å². The highest BCUT2D eigenvalue weighted by molar-refractivity contribution is 6.30. The average molecular weight is 449 g/mol. The summed E-state index contributed by atoms with van der Waals surface area (Å²) in [7, 11) is 0. The van der Waals surface area contributed by atoms with Crippen molar-refractivity contribution >= 4 is 23.5 Å². The van der Waals surface area contributed by atoms with Crippen molar-refractivity contribution in [3.8, 4) is 0 Å². The van der Waals surface area contributed by atoms with Crippen LogP contribution in [0.4, 0.5) is 4.79 Å². The summed E-state index contributed by atoms with van der Waals surface area (Å²) in [5.74, 6) is 1.11. The van der Waals surface area contributed by atoms with Gasteiger partial charge in [-0.25, -0.2) is 4.79 Å². The minimum absolute atomic E-state index is 0.131. The largest absolute Gasteiger partial charge is 0.444 e. The molecular formula is C25H37ClN2O3. The SMILES string of the molecule is CC(C)(C)OC(=O)NC1CCC(CCN2CCC(C(=O)c3ccc(Cl)cc3)CC2)CC1. The molecule has 6 heteroatoms. The quantitative estimate of drug-likeness (QED) is 0.566. The second-order valence-electron chi connectivity index (χ2n) is 10.1. The first-order valence-corrected chi connectivity index (χ1v) is 12.1. The molecule has 1 aromatic carbocycles. The minimum Gasteiger partial charge on any atom is -0.444 e. The van der Waals surface area contributed by atoms with Gasteiger partial charge in [-0.2, -0.15) is 0 Å². The van der Waals surface area contributed by atoms with Crippen molar-refractivity contribution in [2.24, 2.45) is 11.8 Å². The van der Waals surface area contributed by atoms with Gasteiger partial charge < -0.3 is 15.0 Å². The third-order valence-electron chi connectivity index (χ3n) is 6.51. The fraction of sp³-hybridized carbons (Fsp3) is 0.680. The molecule has 1 aromatic rings. The van der Waals surface area contributed by atoms with Crippen molar-refractivity contribution in [1.29, 1.82) is 0 Å². The van der Waals surface area contributed by atoms with Crippen LogP contribution in [0.5, 0.6) is 0 Å². The maximum absolute atomic E-state index is 12.7. The summed E-state index contributed by atoms with van der Waals surface area (Å²) in [6.07, 6.45) is 7.16. The van der Waals surface area contributed by atoms with Gasteiger partial charge in [0.1, 0.15) is 5.60 Å². The lowest BCUT2D eigenvalue weighted by Crippen LogP contribution is -2.41. The number of hydrogen-bond donors (Lipinski definition) is 1. The molecule has 1 saturated heterocycles. The molecular weight excluding hydrogens is 412 g/mol. The van der Waals surface area contributed by atoms with E-state index in [1.165, 1.54) is 6.42 Å². The van der Waals surface area contributed by atoms with E-state index in [9.17, 15) is 9.59 Å². The van der Waals surface area contributed by atoms with Crippen LogP contribution in [0.25, 0.3) is 0 Å². The Morgan fingerprint density at radius 3 is 2.23 bits per heavy atom. The lowest BCUT2D eigenvalue weighted by Gasteiger charge is -2.34. The maximum atomic E-state index is 12.7. The first-order chi connectivity index (χ1) is 14.7. The van der Waals surface area contributed by atoms with E-state index < -0.39 is 5.60 Å². The number of halogens is 1. The molecule has 0 atom stereocenters.